The molecule has 1 fully saturated rings. The summed E-state index contributed by atoms with van der Waals surface area (Å²) in [6.07, 6.45) is 3.85. The normalized spacial score (nSPS) is 17.0. The average Bonchev–Trinajstić information content (AvgIpc) is 2.62. The molecule has 0 aliphatic carbocycles. The zero-order chi connectivity index (χ0) is 17.8. The van der Waals surface area contributed by atoms with Crippen molar-refractivity contribution in [3.63, 3.8) is 0 Å². The van der Waals surface area contributed by atoms with Crippen LogP contribution in [0.2, 0.25) is 0 Å². The molecule has 3 rings (SSSR count). The number of piperazine rings is 1. The molecule has 2 heterocycles. The van der Waals surface area contributed by atoms with Crippen LogP contribution in [-0.2, 0) is 6.54 Å². The third-order valence-electron chi connectivity index (χ3n) is 4.92. The maximum atomic E-state index is 9.66. The van der Waals surface area contributed by atoms with E-state index >= 15 is 0 Å². The molecule has 1 atom stereocenters. The number of aromatic hydroxyl groups is 1. The van der Waals surface area contributed by atoms with Crippen molar-refractivity contribution in [2.75, 3.05) is 45.2 Å². The van der Waals surface area contributed by atoms with E-state index in [0.717, 1.165) is 49.8 Å². The molecule has 0 saturated carbocycles. The minimum Gasteiger partial charge on any atom is -0.508 e. The average molecular weight is 341 g/mol. The summed E-state index contributed by atoms with van der Waals surface area (Å²) < 4.78 is 0. The number of hydrogen-bond donors (Lipinski definition) is 1. The standard InChI is InChI=1S/C19H27N5O/c1-15(17-5-4-6-18(25)11-17)23(3)14-16-12-20-19(21-13-16)24-9-7-22(2)8-10-24/h4-6,11-13,15,25H,7-10,14H2,1-3H3/t15-/m1/s1. The minimum absolute atomic E-state index is 0.199. The molecule has 1 aliphatic heterocycles. The lowest BCUT2D eigenvalue weighted by Crippen LogP contribution is -2.45. The summed E-state index contributed by atoms with van der Waals surface area (Å²) in [5.41, 5.74) is 2.19. The van der Waals surface area contributed by atoms with Gasteiger partial charge >= 0.3 is 0 Å². The van der Waals surface area contributed by atoms with Crippen molar-refractivity contribution in [1.29, 1.82) is 0 Å². The summed E-state index contributed by atoms with van der Waals surface area (Å²) in [7, 11) is 4.22. The van der Waals surface area contributed by atoms with E-state index in [2.05, 4.69) is 45.7 Å². The number of anilines is 1. The Morgan fingerprint density at radius 3 is 2.48 bits per heavy atom. The number of likely N-dealkylation sites (N-methyl/N-ethyl adjacent to an activating group) is 1. The van der Waals surface area contributed by atoms with Gasteiger partial charge in [-0.3, -0.25) is 4.90 Å². The molecule has 1 aliphatic rings. The van der Waals surface area contributed by atoms with Crippen molar-refractivity contribution in [3.05, 3.63) is 47.8 Å². The largest absolute Gasteiger partial charge is 0.508 e. The Kier molecular flexibility index (Phi) is 5.50. The summed E-state index contributed by atoms with van der Waals surface area (Å²) in [5, 5.41) is 9.66. The molecule has 0 radical (unpaired) electrons. The van der Waals surface area contributed by atoms with Crippen LogP contribution >= 0.6 is 0 Å². The van der Waals surface area contributed by atoms with Crippen molar-refractivity contribution in [1.82, 2.24) is 19.8 Å². The zero-order valence-corrected chi connectivity index (χ0v) is 15.3. The summed E-state index contributed by atoms with van der Waals surface area (Å²) in [4.78, 5) is 15.9. The highest BCUT2D eigenvalue weighted by Gasteiger charge is 2.17. The third kappa shape index (κ3) is 4.46. The molecular weight excluding hydrogens is 314 g/mol. The van der Waals surface area contributed by atoms with Crippen LogP contribution in [0.5, 0.6) is 5.75 Å². The minimum atomic E-state index is 0.199. The molecule has 1 aromatic heterocycles. The molecule has 1 aromatic carbocycles. The lowest BCUT2D eigenvalue weighted by atomic mass is 10.1. The number of nitrogens with zero attached hydrogens (tertiary/aromatic N) is 5. The highest BCUT2D eigenvalue weighted by atomic mass is 16.3. The van der Waals surface area contributed by atoms with Gasteiger partial charge in [-0.15, -0.1) is 0 Å². The molecule has 0 spiro atoms. The maximum Gasteiger partial charge on any atom is 0.225 e. The third-order valence-corrected chi connectivity index (χ3v) is 4.92. The Bertz CT molecular complexity index is 682. The van der Waals surface area contributed by atoms with Crippen LogP contribution in [0, 0.1) is 0 Å². The first-order valence-corrected chi connectivity index (χ1v) is 8.76. The molecule has 1 N–H and O–H groups in total. The number of hydrogen-bond acceptors (Lipinski definition) is 6. The van der Waals surface area contributed by atoms with Crippen molar-refractivity contribution in [2.24, 2.45) is 0 Å². The number of phenolic OH excluding ortho intramolecular Hbond substituents is 1. The van der Waals surface area contributed by atoms with E-state index in [1.165, 1.54) is 0 Å². The Labute approximate surface area is 149 Å². The van der Waals surface area contributed by atoms with Gasteiger partial charge in [0.05, 0.1) is 0 Å². The van der Waals surface area contributed by atoms with E-state index in [1.54, 1.807) is 6.07 Å². The first-order valence-electron chi connectivity index (χ1n) is 8.76. The molecule has 6 nitrogen and oxygen atoms in total. The van der Waals surface area contributed by atoms with Crippen LogP contribution in [-0.4, -0.2) is 65.1 Å². The van der Waals surface area contributed by atoms with Gasteiger partial charge in [0.25, 0.3) is 0 Å². The van der Waals surface area contributed by atoms with Crippen molar-refractivity contribution < 1.29 is 5.11 Å². The fourth-order valence-corrected chi connectivity index (χ4v) is 3.06. The zero-order valence-electron chi connectivity index (χ0n) is 15.3. The van der Waals surface area contributed by atoms with Gasteiger partial charge < -0.3 is 14.9 Å². The van der Waals surface area contributed by atoms with E-state index in [-0.39, 0.29) is 6.04 Å². The lowest BCUT2D eigenvalue weighted by molar-refractivity contribution is 0.252. The van der Waals surface area contributed by atoms with Crippen LogP contribution in [0.25, 0.3) is 0 Å². The van der Waals surface area contributed by atoms with E-state index in [0.29, 0.717) is 5.75 Å². The number of benzene rings is 1. The predicted octanol–water partition coefficient (Wildman–Crippen LogP) is 2.13. The van der Waals surface area contributed by atoms with Gasteiger partial charge in [0.2, 0.25) is 5.95 Å². The Balaban J connectivity index is 1.61. The Hall–Kier alpha value is -2.18. The van der Waals surface area contributed by atoms with Crippen LogP contribution in [0.4, 0.5) is 5.95 Å². The molecule has 1 saturated heterocycles. The van der Waals surface area contributed by atoms with Gasteiger partial charge in [-0.2, -0.15) is 0 Å². The molecule has 2 aromatic rings. The van der Waals surface area contributed by atoms with Gasteiger partial charge in [-0.25, -0.2) is 9.97 Å². The molecule has 0 bridgehead atoms. The summed E-state index contributed by atoms with van der Waals surface area (Å²) >= 11 is 0. The van der Waals surface area contributed by atoms with Crippen molar-refractivity contribution in [3.8, 4) is 5.75 Å². The number of rotatable bonds is 5. The van der Waals surface area contributed by atoms with Crippen molar-refractivity contribution in [2.45, 2.75) is 19.5 Å². The van der Waals surface area contributed by atoms with E-state index in [4.69, 9.17) is 0 Å². The van der Waals surface area contributed by atoms with Gasteiger partial charge in [-0.05, 0) is 38.7 Å². The highest BCUT2D eigenvalue weighted by Crippen LogP contribution is 2.23. The molecule has 0 amide bonds. The second kappa shape index (κ2) is 7.80. The van der Waals surface area contributed by atoms with Crippen LogP contribution < -0.4 is 4.90 Å². The topological polar surface area (TPSA) is 55.7 Å². The predicted molar refractivity (Wildman–Crippen MR) is 99.7 cm³/mol. The first kappa shape index (κ1) is 17.6. The Morgan fingerprint density at radius 2 is 1.84 bits per heavy atom. The van der Waals surface area contributed by atoms with Crippen molar-refractivity contribution >= 4 is 5.95 Å². The molecule has 25 heavy (non-hydrogen) atoms. The maximum absolute atomic E-state index is 9.66. The summed E-state index contributed by atoms with van der Waals surface area (Å²) in [6, 6.07) is 7.62. The second-order valence-electron chi connectivity index (χ2n) is 6.87. The van der Waals surface area contributed by atoms with Gasteiger partial charge in [-0.1, -0.05) is 12.1 Å². The summed E-state index contributed by atoms with van der Waals surface area (Å²) in [6.45, 7) is 6.95. The van der Waals surface area contributed by atoms with Crippen LogP contribution in [0.3, 0.4) is 0 Å². The molecule has 134 valence electrons. The molecular formula is C19H27N5O. The number of phenols is 1. The fourth-order valence-electron chi connectivity index (χ4n) is 3.06. The van der Waals surface area contributed by atoms with Gasteiger partial charge in [0.1, 0.15) is 5.75 Å². The van der Waals surface area contributed by atoms with E-state index in [9.17, 15) is 5.11 Å². The molecule has 0 unspecified atom stereocenters. The quantitative estimate of drug-likeness (QED) is 0.899. The number of aromatic nitrogens is 2. The smallest absolute Gasteiger partial charge is 0.225 e. The van der Waals surface area contributed by atoms with E-state index < -0.39 is 0 Å². The first-order chi connectivity index (χ1) is 12.0. The monoisotopic (exact) mass is 341 g/mol. The van der Waals surface area contributed by atoms with Crippen LogP contribution in [0.15, 0.2) is 36.7 Å². The fraction of sp³-hybridized carbons (Fsp3) is 0.474. The SMILES string of the molecule is C[C@H](c1cccc(O)c1)N(C)Cc1cnc(N2CCN(C)CC2)nc1. The highest BCUT2D eigenvalue weighted by molar-refractivity contribution is 5.31. The Morgan fingerprint density at radius 1 is 1.16 bits per heavy atom. The second-order valence-corrected chi connectivity index (χ2v) is 6.87. The van der Waals surface area contributed by atoms with Gasteiger partial charge in [0, 0.05) is 56.7 Å². The van der Waals surface area contributed by atoms with E-state index in [1.807, 2.05) is 30.6 Å². The summed E-state index contributed by atoms with van der Waals surface area (Å²) in [5.74, 6) is 1.12. The van der Waals surface area contributed by atoms with Crippen LogP contribution in [0.1, 0.15) is 24.1 Å². The lowest BCUT2D eigenvalue weighted by Gasteiger charge is -2.32. The molecule has 6 heteroatoms. The van der Waals surface area contributed by atoms with Gasteiger partial charge in [0.15, 0.2) is 0 Å².